The van der Waals surface area contributed by atoms with Gasteiger partial charge in [-0.15, -0.1) is 0 Å². The van der Waals surface area contributed by atoms with Gasteiger partial charge in [0, 0.05) is 12.7 Å². The first-order valence-electron chi connectivity index (χ1n) is 10.4. The van der Waals surface area contributed by atoms with Gasteiger partial charge >= 0.3 is 5.97 Å². The van der Waals surface area contributed by atoms with E-state index < -0.39 is 22.0 Å². The Morgan fingerprint density at radius 3 is 2.62 bits per heavy atom. The molecule has 1 aromatic carbocycles. The highest BCUT2D eigenvalue weighted by Gasteiger charge is 2.27. The van der Waals surface area contributed by atoms with E-state index >= 15 is 0 Å². The zero-order valence-electron chi connectivity index (χ0n) is 18.5. The van der Waals surface area contributed by atoms with Crippen molar-refractivity contribution in [2.75, 3.05) is 6.61 Å². The Morgan fingerprint density at radius 2 is 1.97 bits per heavy atom. The number of hydrogen-bond donors (Lipinski definition) is 1. The van der Waals surface area contributed by atoms with Crippen LogP contribution < -0.4 is 4.72 Å². The standard InChI is InChI=1S/C23H28N4O4S/c1-5-12-31-23(28)21(13-16(2)3)26-32(29,30)19-8-6-18(7-9-19)15-27-17(4)25-20-10-11-24-14-22(20)27/h5-11,14,16,21,26H,1,12-13,15H2,2-4H3/t21-/m0/s1. The summed E-state index contributed by atoms with van der Waals surface area (Å²) < 4.78 is 35.4. The van der Waals surface area contributed by atoms with E-state index in [1.165, 1.54) is 18.2 Å². The predicted octanol–water partition coefficient (Wildman–Crippen LogP) is 3.21. The number of benzene rings is 1. The molecular formula is C23H28N4O4S. The highest BCUT2D eigenvalue weighted by molar-refractivity contribution is 7.89. The predicted molar refractivity (Wildman–Crippen MR) is 123 cm³/mol. The summed E-state index contributed by atoms with van der Waals surface area (Å²) in [4.78, 5) is 21.1. The van der Waals surface area contributed by atoms with Crippen molar-refractivity contribution >= 4 is 27.0 Å². The van der Waals surface area contributed by atoms with Crippen molar-refractivity contribution in [2.24, 2.45) is 5.92 Å². The largest absolute Gasteiger partial charge is 0.460 e. The number of fused-ring (bicyclic) bond motifs is 1. The normalized spacial score (nSPS) is 12.8. The van der Waals surface area contributed by atoms with E-state index in [0.717, 1.165) is 22.4 Å². The van der Waals surface area contributed by atoms with Crippen molar-refractivity contribution in [1.82, 2.24) is 19.3 Å². The summed E-state index contributed by atoms with van der Waals surface area (Å²) in [6.45, 7) is 9.81. The third-order valence-electron chi connectivity index (χ3n) is 4.95. The Bertz CT molecular complexity index is 1200. The van der Waals surface area contributed by atoms with Gasteiger partial charge in [-0.05, 0) is 43.0 Å². The summed E-state index contributed by atoms with van der Waals surface area (Å²) in [6.07, 6.45) is 5.23. The number of carbonyl (C=O) groups excluding carboxylic acids is 1. The van der Waals surface area contributed by atoms with Crippen LogP contribution in [0.15, 0.2) is 60.3 Å². The number of sulfonamides is 1. The zero-order valence-corrected chi connectivity index (χ0v) is 19.3. The van der Waals surface area contributed by atoms with Gasteiger partial charge in [-0.25, -0.2) is 13.4 Å². The minimum Gasteiger partial charge on any atom is -0.460 e. The average Bonchev–Trinajstić information content (AvgIpc) is 3.06. The van der Waals surface area contributed by atoms with E-state index in [1.807, 2.05) is 31.4 Å². The molecule has 0 saturated heterocycles. The number of esters is 1. The van der Waals surface area contributed by atoms with Crippen molar-refractivity contribution < 1.29 is 17.9 Å². The molecule has 170 valence electrons. The van der Waals surface area contributed by atoms with Gasteiger partial charge in [0.25, 0.3) is 0 Å². The maximum Gasteiger partial charge on any atom is 0.324 e. The summed E-state index contributed by atoms with van der Waals surface area (Å²) in [5.74, 6) is 0.333. The van der Waals surface area contributed by atoms with Crippen LogP contribution in [0.25, 0.3) is 11.0 Å². The summed E-state index contributed by atoms with van der Waals surface area (Å²) in [5.41, 5.74) is 2.69. The number of nitrogens with zero attached hydrogens (tertiary/aromatic N) is 3. The SMILES string of the molecule is C=CCOC(=O)[C@H](CC(C)C)NS(=O)(=O)c1ccc(Cn2c(C)nc3ccncc32)cc1. The van der Waals surface area contributed by atoms with Crippen molar-refractivity contribution in [3.63, 3.8) is 0 Å². The molecule has 2 heterocycles. The van der Waals surface area contributed by atoms with Crippen LogP contribution >= 0.6 is 0 Å². The highest BCUT2D eigenvalue weighted by atomic mass is 32.2. The molecule has 3 aromatic rings. The third-order valence-corrected chi connectivity index (χ3v) is 6.44. The van der Waals surface area contributed by atoms with Gasteiger partial charge < -0.3 is 9.30 Å². The molecule has 0 unspecified atom stereocenters. The van der Waals surface area contributed by atoms with Gasteiger partial charge in [0.05, 0.1) is 22.1 Å². The van der Waals surface area contributed by atoms with E-state index in [9.17, 15) is 13.2 Å². The number of nitrogens with one attached hydrogen (secondary N) is 1. The van der Waals surface area contributed by atoms with Crippen LogP contribution in [-0.4, -0.2) is 41.6 Å². The van der Waals surface area contributed by atoms with E-state index in [1.54, 1.807) is 24.5 Å². The number of rotatable bonds is 10. The number of ether oxygens (including phenoxy) is 1. The molecule has 0 amide bonds. The first kappa shape index (κ1) is 23.6. The Labute approximate surface area is 188 Å². The third kappa shape index (κ3) is 5.60. The molecule has 8 nitrogen and oxygen atoms in total. The van der Waals surface area contributed by atoms with Gasteiger partial charge in [-0.1, -0.05) is 38.6 Å². The lowest BCUT2D eigenvalue weighted by atomic mass is 10.1. The topological polar surface area (TPSA) is 103 Å². The molecule has 3 rings (SSSR count). The lowest BCUT2D eigenvalue weighted by molar-refractivity contribution is -0.144. The molecular weight excluding hydrogens is 428 g/mol. The van der Waals surface area contributed by atoms with Crippen LogP contribution in [0.3, 0.4) is 0 Å². The molecule has 9 heteroatoms. The molecule has 0 aliphatic heterocycles. The van der Waals surface area contributed by atoms with Crippen LogP contribution in [-0.2, 0) is 26.1 Å². The van der Waals surface area contributed by atoms with Crippen LogP contribution in [0.2, 0.25) is 0 Å². The molecule has 32 heavy (non-hydrogen) atoms. The van der Waals surface area contributed by atoms with E-state index in [4.69, 9.17) is 4.74 Å². The molecule has 0 bridgehead atoms. The second-order valence-corrected chi connectivity index (χ2v) is 9.69. The number of carbonyl (C=O) groups is 1. The Kier molecular flexibility index (Phi) is 7.42. The summed E-state index contributed by atoms with van der Waals surface area (Å²) in [6, 6.07) is 7.46. The van der Waals surface area contributed by atoms with Crippen LogP contribution in [0.5, 0.6) is 0 Å². The second kappa shape index (κ2) is 10.1. The van der Waals surface area contributed by atoms with E-state index in [2.05, 4.69) is 21.3 Å². The Hall–Kier alpha value is -3.04. The zero-order chi connectivity index (χ0) is 23.3. The summed E-state index contributed by atoms with van der Waals surface area (Å²) >= 11 is 0. The van der Waals surface area contributed by atoms with Gasteiger partial charge in [-0.2, -0.15) is 4.72 Å². The van der Waals surface area contributed by atoms with E-state index in [-0.39, 0.29) is 17.4 Å². The van der Waals surface area contributed by atoms with Gasteiger partial charge in [0.1, 0.15) is 18.5 Å². The van der Waals surface area contributed by atoms with Gasteiger partial charge in [0.2, 0.25) is 10.0 Å². The molecule has 1 atom stereocenters. The second-order valence-electron chi connectivity index (χ2n) is 7.98. The molecule has 0 aliphatic rings. The monoisotopic (exact) mass is 456 g/mol. The first-order valence-corrected chi connectivity index (χ1v) is 11.8. The fraction of sp³-hybridized carbons (Fsp3) is 0.348. The number of aryl methyl sites for hydroxylation is 1. The van der Waals surface area contributed by atoms with Crippen molar-refractivity contribution in [3.8, 4) is 0 Å². The maximum atomic E-state index is 12.9. The molecule has 2 aromatic heterocycles. The van der Waals surface area contributed by atoms with Gasteiger partial charge in [-0.3, -0.25) is 9.78 Å². The number of hydrogen-bond acceptors (Lipinski definition) is 6. The highest BCUT2D eigenvalue weighted by Crippen LogP contribution is 2.18. The van der Waals surface area contributed by atoms with Gasteiger partial charge in [0.15, 0.2) is 0 Å². The number of imidazole rings is 1. The van der Waals surface area contributed by atoms with E-state index in [0.29, 0.717) is 13.0 Å². The Balaban J connectivity index is 1.78. The molecule has 0 spiro atoms. The summed E-state index contributed by atoms with van der Waals surface area (Å²) in [5, 5.41) is 0. The fourth-order valence-electron chi connectivity index (χ4n) is 3.41. The minimum absolute atomic E-state index is 0.0295. The minimum atomic E-state index is -3.90. The number of aromatic nitrogens is 3. The van der Waals surface area contributed by atoms with Crippen LogP contribution in [0, 0.1) is 12.8 Å². The fourth-order valence-corrected chi connectivity index (χ4v) is 4.60. The van der Waals surface area contributed by atoms with Crippen LogP contribution in [0.4, 0.5) is 0 Å². The lowest BCUT2D eigenvalue weighted by Crippen LogP contribution is -2.42. The summed E-state index contributed by atoms with van der Waals surface area (Å²) in [7, 11) is -3.90. The van der Waals surface area contributed by atoms with Crippen LogP contribution in [0.1, 0.15) is 31.7 Å². The molecule has 0 saturated carbocycles. The quantitative estimate of drug-likeness (QED) is 0.371. The molecule has 1 N–H and O–H groups in total. The maximum absolute atomic E-state index is 12.9. The lowest BCUT2D eigenvalue weighted by Gasteiger charge is -2.19. The first-order chi connectivity index (χ1) is 15.2. The smallest absolute Gasteiger partial charge is 0.324 e. The molecule has 0 aliphatic carbocycles. The Morgan fingerprint density at radius 1 is 1.25 bits per heavy atom. The van der Waals surface area contributed by atoms with Crippen molar-refractivity contribution in [1.29, 1.82) is 0 Å². The molecule has 0 fully saturated rings. The average molecular weight is 457 g/mol. The van der Waals surface area contributed by atoms with Crippen molar-refractivity contribution in [2.45, 2.75) is 44.7 Å². The molecule has 0 radical (unpaired) electrons. The van der Waals surface area contributed by atoms with Crippen molar-refractivity contribution in [3.05, 3.63) is 66.8 Å². The number of pyridine rings is 1.